The maximum atomic E-state index is 11.4. The Kier molecular flexibility index (Phi) is 4.22. The SMILES string of the molecule is CN(CC(=O)O)NC(=O)C[C@H](N)C1CC1N. The summed E-state index contributed by atoms with van der Waals surface area (Å²) in [6.07, 6.45) is 1.03. The Morgan fingerprint density at radius 1 is 1.62 bits per heavy atom. The Hall–Kier alpha value is -1.18. The summed E-state index contributed by atoms with van der Waals surface area (Å²) < 4.78 is 0. The molecule has 1 aliphatic carbocycles. The summed E-state index contributed by atoms with van der Waals surface area (Å²) >= 11 is 0. The first-order chi connectivity index (χ1) is 7.40. The molecule has 0 spiro atoms. The minimum absolute atomic E-state index is 0.111. The van der Waals surface area contributed by atoms with Gasteiger partial charge in [0.2, 0.25) is 5.91 Å². The van der Waals surface area contributed by atoms with E-state index in [9.17, 15) is 9.59 Å². The average molecular weight is 230 g/mol. The lowest BCUT2D eigenvalue weighted by Crippen LogP contribution is -2.44. The summed E-state index contributed by atoms with van der Waals surface area (Å²) in [4.78, 5) is 21.8. The van der Waals surface area contributed by atoms with Gasteiger partial charge in [0.15, 0.2) is 0 Å². The summed E-state index contributed by atoms with van der Waals surface area (Å²) in [5.41, 5.74) is 13.8. The fourth-order valence-electron chi connectivity index (χ4n) is 1.59. The summed E-state index contributed by atoms with van der Waals surface area (Å²) in [5, 5.41) is 9.69. The Bertz CT molecular complexity index is 284. The number of carbonyl (C=O) groups excluding carboxylic acids is 1. The highest BCUT2D eigenvalue weighted by Crippen LogP contribution is 2.31. The number of rotatable bonds is 6. The highest BCUT2D eigenvalue weighted by atomic mass is 16.4. The monoisotopic (exact) mass is 230 g/mol. The third kappa shape index (κ3) is 4.13. The van der Waals surface area contributed by atoms with Gasteiger partial charge < -0.3 is 16.6 Å². The van der Waals surface area contributed by atoms with Crippen molar-refractivity contribution in [2.24, 2.45) is 17.4 Å². The smallest absolute Gasteiger partial charge is 0.319 e. The van der Waals surface area contributed by atoms with Crippen molar-refractivity contribution in [1.82, 2.24) is 10.4 Å². The number of hydrogen-bond acceptors (Lipinski definition) is 5. The van der Waals surface area contributed by atoms with Crippen LogP contribution in [0.5, 0.6) is 0 Å². The van der Waals surface area contributed by atoms with Gasteiger partial charge in [-0.2, -0.15) is 0 Å². The van der Waals surface area contributed by atoms with E-state index < -0.39 is 5.97 Å². The molecule has 16 heavy (non-hydrogen) atoms. The number of carboxylic acid groups (broad SMARTS) is 1. The van der Waals surface area contributed by atoms with Crippen LogP contribution in [0.25, 0.3) is 0 Å². The van der Waals surface area contributed by atoms with Gasteiger partial charge in [-0.3, -0.25) is 15.0 Å². The second kappa shape index (κ2) is 5.24. The van der Waals surface area contributed by atoms with E-state index in [1.807, 2.05) is 0 Å². The molecule has 1 aliphatic rings. The Balaban J connectivity index is 2.22. The molecular formula is C9H18N4O3. The zero-order chi connectivity index (χ0) is 12.3. The van der Waals surface area contributed by atoms with Crippen LogP contribution in [0.2, 0.25) is 0 Å². The number of likely N-dealkylation sites (N-methyl/N-ethyl adjacent to an activating group) is 1. The second-order valence-corrected chi connectivity index (χ2v) is 4.22. The number of nitrogens with two attached hydrogens (primary N) is 2. The Morgan fingerprint density at radius 2 is 2.19 bits per heavy atom. The quantitative estimate of drug-likeness (QED) is 0.395. The van der Waals surface area contributed by atoms with Gasteiger partial charge in [-0.1, -0.05) is 0 Å². The molecule has 1 fully saturated rings. The van der Waals surface area contributed by atoms with Crippen LogP contribution in [0.3, 0.4) is 0 Å². The molecule has 0 aromatic carbocycles. The summed E-state index contributed by atoms with van der Waals surface area (Å²) in [6, 6.07) is -0.132. The van der Waals surface area contributed by atoms with Gasteiger partial charge >= 0.3 is 5.97 Å². The first-order valence-electron chi connectivity index (χ1n) is 5.13. The number of nitrogens with zero attached hydrogens (tertiary/aromatic N) is 1. The molecule has 0 radical (unpaired) electrons. The third-order valence-electron chi connectivity index (χ3n) is 2.55. The largest absolute Gasteiger partial charge is 0.480 e. The standard InChI is InChI=1S/C9H18N4O3/c1-13(4-9(15)16)12-8(14)3-7(11)5-2-6(5)10/h5-7H,2-4,10-11H2,1H3,(H,12,14)(H,15,16)/t5?,6?,7-/m0/s1. The molecule has 0 aliphatic heterocycles. The topological polar surface area (TPSA) is 122 Å². The van der Waals surface area contributed by atoms with Crippen molar-refractivity contribution in [3.8, 4) is 0 Å². The van der Waals surface area contributed by atoms with Crippen molar-refractivity contribution in [1.29, 1.82) is 0 Å². The summed E-state index contributed by atoms with van der Waals surface area (Å²) in [5.74, 6) is -1.07. The molecule has 1 saturated carbocycles. The lowest BCUT2D eigenvalue weighted by Gasteiger charge is -2.17. The van der Waals surface area contributed by atoms with Crippen LogP contribution in [0.15, 0.2) is 0 Å². The molecule has 0 heterocycles. The van der Waals surface area contributed by atoms with E-state index >= 15 is 0 Å². The van der Waals surface area contributed by atoms with Crippen LogP contribution >= 0.6 is 0 Å². The maximum absolute atomic E-state index is 11.4. The van der Waals surface area contributed by atoms with E-state index in [0.717, 1.165) is 6.42 Å². The van der Waals surface area contributed by atoms with Gasteiger partial charge in [-0.15, -0.1) is 0 Å². The molecule has 0 saturated heterocycles. The fourth-order valence-corrected chi connectivity index (χ4v) is 1.59. The highest BCUT2D eigenvalue weighted by Gasteiger charge is 2.39. The van der Waals surface area contributed by atoms with E-state index in [1.165, 1.54) is 12.1 Å². The van der Waals surface area contributed by atoms with Gasteiger partial charge in [0.1, 0.15) is 6.54 Å². The number of nitrogens with one attached hydrogen (secondary N) is 1. The maximum Gasteiger partial charge on any atom is 0.319 e. The fraction of sp³-hybridized carbons (Fsp3) is 0.778. The molecule has 0 aromatic rings. The summed E-state index contributed by atoms with van der Waals surface area (Å²) in [7, 11) is 1.49. The zero-order valence-electron chi connectivity index (χ0n) is 9.22. The Labute approximate surface area is 93.7 Å². The number of aliphatic carboxylic acids is 1. The van der Waals surface area contributed by atoms with Gasteiger partial charge in [0, 0.05) is 25.6 Å². The van der Waals surface area contributed by atoms with Gasteiger partial charge in [0.25, 0.3) is 0 Å². The van der Waals surface area contributed by atoms with Crippen molar-refractivity contribution in [2.75, 3.05) is 13.6 Å². The first kappa shape index (κ1) is 12.9. The van der Waals surface area contributed by atoms with Gasteiger partial charge in [0.05, 0.1) is 0 Å². The minimum atomic E-state index is -1.00. The second-order valence-electron chi connectivity index (χ2n) is 4.22. The lowest BCUT2D eigenvalue weighted by molar-refractivity contribution is -0.139. The molecule has 7 heteroatoms. The molecule has 1 amide bonds. The molecule has 0 aromatic heterocycles. The van der Waals surface area contributed by atoms with Crippen LogP contribution in [-0.4, -0.2) is 47.7 Å². The van der Waals surface area contributed by atoms with E-state index in [0.29, 0.717) is 0 Å². The number of carboxylic acids is 1. The molecule has 1 rings (SSSR count). The predicted molar refractivity (Wildman–Crippen MR) is 57.1 cm³/mol. The molecule has 92 valence electrons. The number of hydrazine groups is 1. The number of hydrogen-bond donors (Lipinski definition) is 4. The van der Waals surface area contributed by atoms with Crippen LogP contribution < -0.4 is 16.9 Å². The minimum Gasteiger partial charge on any atom is -0.480 e. The van der Waals surface area contributed by atoms with E-state index in [1.54, 1.807) is 0 Å². The molecule has 6 N–H and O–H groups in total. The lowest BCUT2D eigenvalue weighted by atomic mass is 10.1. The molecule has 3 atom stereocenters. The van der Waals surface area contributed by atoms with Crippen molar-refractivity contribution in [3.63, 3.8) is 0 Å². The Morgan fingerprint density at radius 3 is 2.62 bits per heavy atom. The van der Waals surface area contributed by atoms with Crippen LogP contribution in [0.4, 0.5) is 0 Å². The molecule has 2 unspecified atom stereocenters. The normalized spacial score (nSPS) is 25.2. The average Bonchev–Trinajstić information content (AvgIpc) is 2.79. The van der Waals surface area contributed by atoms with Gasteiger partial charge in [-0.25, -0.2) is 5.01 Å². The van der Waals surface area contributed by atoms with E-state index in [-0.39, 0.29) is 36.9 Å². The van der Waals surface area contributed by atoms with E-state index in [4.69, 9.17) is 16.6 Å². The summed E-state index contributed by atoms with van der Waals surface area (Å²) in [6.45, 7) is -0.246. The van der Waals surface area contributed by atoms with Crippen molar-refractivity contribution in [3.05, 3.63) is 0 Å². The first-order valence-corrected chi connectivity index (χ1v) is 5.13. The van der Waals surface area contributed by atoms with Crippen molar-refractivity contribution >= 4 is 11.9 Å². The molecular weight excluding hydrogens is 212 g/mol. The highest BCUT2D eigenvalue weighted by molar-refractivity contribution is 5.77. The van der Waals surface area contributed by atoms with Crippen LogP contribution in [0, 0.1) is 5.92 Å². The van der Waals surface area contributed by atoms with Gasteiger partial charge in [-0.05, 0) is 12.3 Å². The number of amides is 1. The number of carbonyl (C=O) groups is 2. The van der Waals surface area contributed by atoms with Crippen LogP contribution in [-0.2, 0) is 9.59 Å². The van der Waals surface area contributed by atoms with E-state index in [2.05, 4.69) is 5.43 Å². The molecule has 7 nitrogen and oxygen atoms in total. The zero-order valence-corrected chi connectivity index (χ0v) is 9.22. The predicted octanol–water partition coefficient (Wildman–Crippen LogP) is -1.90. The van der Waals surface area contributed by atoms with Crippen LogP contribution in [0.1, 0.15) is 12.8 Å². The molecule has 0 bridgehead atoms. The van der Waals surface area contributed by atoms with Crippen molar-refractivity contribution in [2.45, 2.75) is 24.9 Å². The van der Waals surface area contributed by atoms with Crippen molar-refractivity contribution < 1.29 is 14.7 Å². The third-order valence-corrected chi connectivity index (χ3v) is 2.55.